The fourth-order valence-electron chi connectivity index (χ4n) is 2.94. The number of esters is 1. The lowest BCUT2D eigenvalue weighted by molar-refractivity contribution is -0.119. The van der Waals surface area contributed by atoms with E-state index in [1.54, 1.807) is 25.3 Å². The van der Waals surface area contributed by atoms with Crippen LogP contribution < -0.4 is 5.32 Å². The van der Waals surface area contributed by atoms with Crippen LogP contribution in [0.15, 0.2) is 77.4 Å². The van der Waals surface area contributed by atoms with Crippen LogP contribution in [0, 0.1) is 6.92 Å². The van der Waals surface area contributed by atoms with Crippen molar-refractivity contribution in [2.45, 2.75) is 6.92 Å². The molecule has 1 N–H and O–H groups in total. The van der Waals surface area contributed by atoms with Gasteiger partial charge in [-0.05, 0) is 30.7 Å². The number of carbonyl (C=O) groups is 2. The highest BCUT2D eigenvalue weighted by molar-refractivity contribution is 7.15. The van der Waals surface area contributed by atoms with E-state index in [-0.39, 0.29) is 5.69 Å². The van der Waals surface area contributed by atoms with E-state index in [9.17, 15) is 9.59 Å². The summed E-state index contributed by atoms with van der Waals surface area (Å²) in [6, 6.07) is 20.7. The number of hydrogen-bond acceptors (Lipinski definition) is 6. The van der Waals surface area contributed by atoms with Crippen molar-refractivity contribution in [3.63, 3.8) is 0 Å². The molecular weight excluding hydrogens is 400 g/mol. The van der Waals surface area contributed by atoms with Crippen molar-refractivity contribution in [1.29, 1.82) is 0 Å². The topological polar surface area (TPSA) is 81.4 Å². The summed E-state index contributed by atoms with van der Waals surface area (Å²) in [6.45, 7) is 1.37. The molecule has 150 valence electrons. The zero-order valence-corrected chi connectivity index (χ0v) is 16.9. The van der Waals surface area contributed by atoms with Gasteiger partial charge < -0.3 is 14.5 Å². The number of carbonyl (C=O) groups excluding carboxylic acids is 2. The molecule has 0 saturated carbocycles. The third kappa shape index (κ3) is 4.31. The van der Waals surface area contributed by atoms with Gasteiger partial charge in [0.1, 0.15) is 0 Å². The van der Waals surface area contributed by atoms with Gasteiger partial charge in [0.15, 0.2) is 23.1 Å². The first-order chi connectivity index (χ1) is 14.6. The van der Waals surface area contributed by atoms with Crippen LogP contribution in [0.1, 0.15) is 15.4 Å². The molecular formula is C23H18N2O4S. The number of rotatable bonds is 6. The van der Waals surface area contributed by atoms with E-state index in [1.165, 1.54) is 11.3 Å². The molecule has 6 nitrogen and oxygen atoms in total. The normalized spacial score (nSPS) is 10.6. The molecule has 0 unspecified atom stereocenters. The van der Waals surface area contributed by atoms with Gasteiger partial charge in [-0.3, -0.25) is 4.79 Å². The van der Waals surface area contributed by atoms with Crippen molar-refractivity contribution in [2.75, 3.05) is 11.9 Å². The number of anilines is 1. The Morgan fingerprint density at radius 2 is 1.80 bits per heavy atom. The zero-order chi connectivity index (χ0) is 20.9. The van der Waals surface area contributed by atoms with Crippen molar-refractivity contribution in [3.05, 3.63) is 83.6 Å². The van der Waals surface area contributed by atoms with E-state index in [2.05, 4.69) is 10.3 Å². The predicted molar refractivity (Wildman–Crippen MR) is 115 cm³/mol. The van der Waals surface area contributed by atoms with E-state index in [0.29, 0.717) is 21.3 Å². The van der Waals surface area contributed by atoms with Gasteiger partial charge in [0, 0.05) is 16.1 Å². The van der Waals surface area contributed by atoms with Gasteiger partial charge in [0.05, 0.1) is 6.26 Å². The van der Waals surface area contributed by atoms with Crippen molar-refractivity contribution < 1.29 is 18.7 Å². The Morgan fingerprint density at radius 1 is 1.03 bits per heavy atom. The summed E-state index contributed by atoms with van der Waals surface area (Å²) in [7, 11) is 0. The summed E-state index contributed by atoms with van der Waals surface area (Å²) < 4.78 is 10.5. The second-order valence-corrected chi connectivity index (χ2v) is 7.64. The minimum absolute atomic E-state index is 0.184. The van der Waals surface area contributed by atoms with Gasteiger partial charge in [-0.2, -0.15) is 0 Å². The molecule has 1 amide bonds. The number of ether oxygens (including phenoxy) is 1. The number of aryl methyl sites for hydroxylation is 1. The van der Waals surface area contributed by atoms with Crippen LogP contribution in [-0.4, -0.2) is 23.5 Å². The van der Waals surface area contributed by atoms with Crippen molar-refractivity contribution in [2.24, 2.45) is 0 Å². The SMILES string of the molecule is Cc1sc(-c2ccco2)nc1C(=O)OCC(=O)Nc1ccccc1-c1ccccc1. The molecule has 0 spiro atoms. The summed E-state index contributed by atoms with van der Waals surface area (Å²) in [5, 5.41) is 3.40. The van der Waals surface area contributed by atoms with Crippen LogP contribution >= 0.6 is 11.3 Å². The molecule has 2 aromatic heterocycles. The molecule has 0 aliphatic carbocycles. The Morgan fingerprint density at radius 3 is 2.57 bits per heavy atom. The maximum atomic E-state index is 12.4. The number of para-hydroxylation sites is 1. The van der Waals surface area contributed by atoms with Crippen LogP contribution in [0.4, 0.5) is 5.69 Å². The first-order valence-corrected chi connectivity index (χ1v) is 10.1. The molecule has 4 aromatic rings. The fourth-order valence-corrected chi connectivity index (χ4v) is 3.81. The smallest absolute Gasteiger partial charge is 0.358 e. The summed E-state index contributed by atoms with van der Waals surface area (Å²) in [4.78, 5) is 29.8. The van der Waals surface area contributed by atoms with Gasteiger partial charge in [-0.1, -0.05) is 48.5 Å². The minimum Gasteiger partial charge on any atom is -0.462 e. The molecule has 0 aliphatic rings. The average molecular weight is 418 g/mol. The summed E-state index contributed by atoms with van der Waals surface area (Å²) in [5.41, 5.74) is 2.70. The van der Waals surface area contributed by atoms with E-state index in [0.717, 1.165) is 11.1 Å². The van der Waals surface area contributed by atoms with Gasteiger partial charge in [-0.25, -0.2) is 9.78 Å². The lowest BCUT2D eigenvalue weighted by Gasteiger charge is -2.11. The largest absolute Gasteiger partial charge is 0.462 e. The van der Waals surface area contributed by atoms with E-state index in [1.807, 2.05) is 54.6 Å². The molecule has 0 fully saturated rings. The van der Waals surface area contributed by atoms with Crippen LogP contribution in [0.2, 0.25) is 0 Å². The van der Waals surface area contributed by atoms with Gasteiger partial charge >= 0.3 is 5.97 Å². The Bertz CT molecular complexity index is 1170. The standard InChI is InChI=1S/C23H18N2O4S/c1-15-21(25-22(30-15)19-12-7-13-28-19)23(27)29-14-20(26)24-18-11-6-5-10-17(18)16-8-3-2-4-9-16/h2-13H,14H2,1H3,(H,24,26). The highest BCUT2D eigenvalue weighted by Gasteiger charge is 2.20. The summed E-state index contributed by atoms with van der Waals surface area (Å²) >= 11 is 1.33. The maximum Gasteiger partial charge on any atom is 0.358 e. The Hall–Kier alpha value is -3.71. The lowest BCUT2D eigenvalue weighted by Crippen LogP contribution is -2.21. The van der Waals surface area contributed by atoms with Crippen LogP contribution in [0.5, 0.6) is 0 Å². The fraction of sp³-hybridized carbons (Fsp3) is 0.0870. The monoisotopic (exact) mass is 418 g/mol. The zero-order valence-electron chi connectivity index (χ0n) is 16.1. The third-order valence-electron chi connectivity index (χ3n) is 4.34. The second kappa shape index (κ2) is 8.75. The van der Waals surface area contributed by atoms with Crippen molar-refractivity contribution >= 4 is 28.9 Å². The minimum atomic E-state index is -0.645. The van der Waals surface area contributed by atoms with Gasteiger partial charge in [-0.15, -0.1) is 11.3 Å². The lowest BCUT2D eigenvalue weighted by atomic mass is 10.0. The number of nitrogens with zero attached hydrogens (tertiary/aromatic N) is 1. The first kappa shape index (κ1) is 19.6. The molecule has 2 heterocycles. The number of nitrogens with one attached hydrogen (secondary N) is 1. The van der Waals surface area contributed by atoms with Gasteiger partial charge in [0.25, 0.3) is 5.91 Å². The molecule has 4 rings (SSSR count). The van der Waals surface area contributed by atoms with Crippen LogP contribution in [-0.2, 0) is 9.53 Å². The molecule has 0 atom stereocenters. The molecule has 0 saturated heterocycles. The average Bonchev–Trinajstić information content (AvgIpc) is 3.43. The highest BCUT2D eigenvalue weighted by atomic mass is 32.1. The van der Waals surface area contributed by atoms with Crippen LogP contribution in [0.3, 0.4) is 0 Å². The molecule has 7 heteroatoms. The molecule has 2 aromatic carbocycles. The number of furan rings is 1. The van der Waals surface area contributed by atoms with Crippen LogP contribution in [0.25, 0.3) is 21.9 Å². The first-order valence-electron chi connectivity index (χ1n) is 9.24. The molecule has 30 heavy (non-hydrogen) atoms. The number of thiazole rings is 1. The van der Waals surface area contributed by atoms with E-state index >= 15 is 0 Å². The number of aromatic nitrogens is 1. The third-order valence-corrected chi connectivity index (χ3v) is 5.33. The quantitative estimate of drug-likeness (QED) is 0.437. The summed E-state index contributed by atoms with van der Waals surface area (Å²) in [5.74, 6) is -0.490. The predicted octanol–water partition coefficient (Wildman–Crippen LogP) is 5.17. The Kier molecular flexibility index (Phi) is 5.72. The van der Waals surface area contributed by atoms with E-state index in [4.69, 9.17) is 9.15 Å². The van der Waals surface area contributed by atoms with Crippen molar-refractivity contribution in [1.82, 2.24) is 4.98 Å². The Balaban J connectivity index is 1.41. The maximum absolute atomic E-state index is 12.4. The second-order valence-electron chi connectivity index (χ2n) is 6.44. The molecule has 0 aliphatic heterocycles. The highest BCUT2D eigenvalue weighted by Crippen LogP contribution is 2.29. The number of hydrogen-bond donors (Lipinski definition) is 1. The van der Waals surface area contributed by atoms with Crippen molar-refractivity contribution in [3.8, 4) is 21.9 Å². The summed E-state index contributed by atoms with van der Waals surface area (Å²) in [6.07, 6.45) is 1.54. The molecule has 0 bridgehead atoms. The number of benzene rings is 2. The number of amides is 1. The molecule has 0 radical (unpaired) electrons. The van der Waals surface area contributed by atoms with Gasteiger partial charge in [0.2, 0.25) is 0 Å². The Labute approximate surface area is 177 Å². The van der Waals surface area contributed by atoms with E-state index < -0.39 is 18.5 Å².